The van der Waals surface area contributed by atoms with Crippen LogP contribution in [0.2, 0.25) is 0 Å². The van der Waals surface area contributed by atoms with Crippen molar-refractivity contribution in [2.24, 2.45) is 0 Å². The van der Waals surface area contributed by atoms with Gasteiger partial charge in [-0.25, -0.2) is 0 Å². The Morgan fingerprint density at radius 2 is 1.00 bits per heavy atom. The van der Waals surface area contributed by atoms with E-state index in [1.807, 2.05) is 66.7 Å². The molecule has 0 atom stereocenters. The maximum absolute atomic E-state index is 5.76. The van der Waals surface area contributed by atoms with Crippen molar-refractivity contribution in [3.05, 3.63) is 145 Å². The largest absolute Gasteiger partial charge is 0.399 e. The van der Waals surface area contributed by atoms with Gasteiger partial charge in [-0.1, -0.05) is 97.1 Å². The third-order valence-electron chi connectivity index (χ3n) is 7.48. The number of hydrogen-bond donors (Lipinski definition) is 3. The van der Waals surface area contributed by atoms with Crippen LogP contribution in [0.15, 0.2) is 133 Å². The smallest absolute Gasteiger partial charge is 0.184 e. The quantitative estimate of drug-likeness (QED) is 0.175. The van der Waals surface area contributed by atoms with E-state index in [0.29, 0.717) is 26.4 Å². The lowest BCUT2D eigenvalue weighted by Crippen LogP contribution is -1.99. The third-order valence-corrected chi connectivity index (χ3v) is 7.48. The minimum absolute atomic E-state index is 0.214. The normalized spacial score (nSPS) is 14.8. The molecule has 2 aliphatic heterocycles. The Morgan fingerprint density at radius 3 is 1.64 bits per heavy atom. The van der Waals surface area contributed by atoms with E-state index in [1.54, 1.807) is 0 Å². The number of anilines is 4. The lowest BCUT2D eigenvalue weighted by atomic mass is 10.1. The molecule has 2 heterocycles. The van der Waals surface area contributed by atoms with Crippen molar-refractivity contribution in [3.8, 4) is 0 Å². The van der Waals surface area contributed by atoms with Gasteiger partial charge in [-0.3, -0.25) is 0 Å². The second-order valence-corrected chi connectivity index (χ2v) is 10.7. The lowest BCUT2D eigenvalue weighted by Gasteiger charge is -2.13. The van der Waals surface area contributed by atoms with Gasteiger partial charge < -0.3 is 35.7 Å². The highest BCUT2D eigenvalue weighted by Gasteiger charge is 2.19. The van der Waals surface area contributed by atoms with E-state index < -0.39 is 0 Å². The molecule has 0 aliphatic carbocycles. The highest BCUT2D eigenvalue weighted by atomic mass is 16.7. The minimum Gasteiger partial charge on any atom is -0.399 e. The predicted molar refractivity (Wildman–Crippen MR) is 182 cm³/mol. The van der Waals surface area contributed by atoms with Crippen molar-refractivity contribution < 1.29 is 18.9 Å². The first-order chi connectivity index (χ1) is 22.1. The molecule has 0 unspecified atom stereocenters. The number of hydrogen-bond acceptors (Lipinski definition) is 7. The number of rotatable bonds is 4. The molecule has 0 amide bonds. The fraction of sp³-hybridized carbons (Fsp3) is 0.158. The highest BCUT2D eigenvalue weighted by Crippen LogP contribution is 2.30. The van der Waals surface area contributed by atoms with Gasteiger partial charge in [-0.05, 0) is 47.2 Å². The number of nitrogens with two attached hydrogens (primary N) is 2. The van der Waals surface area contributed by atoms with E-state index in [4.69, 9.17) is 30.4 Å². The van der Waals surface area contributed by atoms with Crippen molar-refractivity contribution in [2.75, 3.05) is 43.2 Å². The molecule has 6 aromatic rings. The summed E-state index contributed by atoms with van der Waals surface area (Å²) < 4.78 is 21.8. The third kappa shape index (κ3) is 7.78. The predicted octanol–water partition coefficient (Wildman–Crippen LogP) is 8.37. The average molecular weight is 600 g/mol. The maximum atomic E-state index is 5.76. The van der Waals surface area contributed by atoms with Gasteiger partial charge in [0.15, 0.2) is 12.6 Å². The molecule has 0 bridgehead atoms. The molecule has 8 rings (SSSR count). The zero-order valence-electron chi connectivity index (χ0n) is 25.0. The topological polar surface area (TPSA) is 101 Å². The molecule has 45 heavy (non-hydrogen) atoms. The SMILES string of the molecule is Nc1cccc(C2OCCO2)c1.Nc1cccc2ccccc12.c1cc(Nc2cccc3ccccc23)cc(C2OCCO2)c1. The molecule has 0 spiro atoms. The van der Waals surface area contributed by atoms with Gasteiger partial charge in [-0.2, -0.15) is 0 Å². The Kier molecular flexibility index (Phi) is 9.84. The van der Waals surface area contributed by atoms with E-state index in [1.165, 1.54) is 16.2 Å². The number of nitrogen functional groups attached to an aromatic ring is 2. The van der Waals surface area contributed by atoms with E-state index in [2.05, 4.69) is 72.0 Å². The van der Waals surface area contributed by atoms with Gasteiger partial charge >= 0.3 is 0 Å². The van der Waals surface area contributed by atoms with Gasteiger partial charge in [0, 0.05) is 44.6 Å². The standard InChI is InChI=1S/C19H17NO2.C10H9N.C9H11NO2/c1-2-9-17-14(5-1)6-4-10-18(17)20-16-8-3-7-15(13-16)19-21-11-12-22-19;11-10-7-3-5-8-4-1-2-6-9(8)10;10-8-3-1-2-7(6-8)9-11-4-5-12-9/h1-10,13,19-20H,11-12H2;1-7H,11H2;1-3,6,9H,4-5,10H2. The molecule has 2 saturated heterocycles. The first-order valence-electron chi connectivity index (χ1n) is 15.0. The van der Waals surface area contributed by atoms with Crippen LogP contribution < -0.4 is 16.8 Å². The fourth-order valence-corrected chi connectivity index (χ4v) is 5.31. The Bertz CT molecular complexity index is 1840. The molecule has 0 aromatic heterocycles. The Hall–Kier alpha value is -4.92. The summed E-state index contributed by atoms with van der Waals surface area (Å²) in [6, 6.07) is 44.5. The molecule has 5 N–H and O–H groups in total. The average Bonchev–Trinajstić information content (AvgIpc) is 3.82. The van der Waals surface area contributed by atoms with Gasteiger partial charge in [-0.15, -0.1) is 0 Å². The summed E-state index contributed by atoms with van der Waals surface area (Å²) in [4.78, 5) is 0. The molecule has 7 heteroatoms. The van der Waals surface area contributed by atoms with Crippen LogP contribution in [-0.4, -0.2) is 26.4 Å². The summed E-state index contributed by atoms with van der Waals surface area (Å²) in [6.45, 7) is 2.65. The number of ether oxygens (including phenoxy) is 4. The molecular formula is C38H37N3O4. The first-order valence-corrected chi connectivity index (χ1v) is 15.0. The molecule has 0 saturated carbocycles. The van der Waals surface area contributed by atoms with E-state index >= 15 is 0 Å². The van der Waals surface area contributed by atoms with Crippen molar-refractivity contribution in [1.82, 2.24) is 0 Å². The second kappa shape index (κ2) is 14.7. The summed E-state index contributed by atoms with van der Waals surface area (Å²) in [7, 11) is 0. The molecule has 2 fully saturated rings. The van der Waals surface area contributed by atoms with Crippen LogP contribution in [-0.2, 0) is 18.9 Å². The second-order valence-electron chi connectivity index (χ2n) is 10.7. The molecular weight excluding hydrogens is 562 g/mol. The van der Waals surface area contributed by atoms with Crippen molar-refractivity contribution in [1.29, 1.82) is 0 Å². The van der Waals surface area contributed by atoms with Gasteiger partial charge in [0.05, 0.1) is 26.4 Å². The van der Waals surface area contributed by atoms with Gasteiger partial charge in [0.1, 0.15) is 0 Å². The number of fused-ring (bicyclic) bond motifs is 2. The Labute approximate surface area is 263 Å². The van der Waals surface area contributed by atoms with Crippen molar-refractivity contribution in [3.63, 3.8) is 0 Å². The van der Waals surface area contributed by atoms with Crippen LogP contribution in [0.5, 0.6) is 0 Å². The van der Waals surface area contributed by atoms with Crippen molar-refractivity contribution in [2.45, 2.75) is 12.6 Å². The van der Waals surface area contributed by atoms with E-state index in [-0.39, 0.29) is 12.6 Å². The molecule has 7 nitrogen and oxygen atoms in total. The highest BCUT2D eigenvalue weighted by molar-refractivity contribution is 5.95. The zero-order valence-corrected chi connectivity index (χ0v) is 25.0. The zero-order chi connectivity index (χ0) is 30.8. The molecule has 0 radical (unpaired) electrons. The summed E-state index contributed by atoms with van der Waals surface area (Å²) in [5.74, 6) is 0. The van der Waals surface area contributed by atoms with Gasteiger partial charge in [0.25, 0.3) is 0 Å². The lowest BCUT2D eigenvalue weighted by molar-refractivity contribution is -0.0442. The van der Waals surface area contributed by atoms with Crippen molar-refractivity contribution >= 4 is 44.3 Å². The summed E-state index contributed by atoms with van der Waals surface area (Å²) in [5.41, 5.74) is 17.1. The molecule has 228 valence electrons. The van der Waals surface area contributed by atoms with Crippen LogP contribution in [0.4, 0.5) is 22.7 Å². The molecule has 2 aliphatic rings. The Morgan fingerprint density at radius 1 is 0.489 bits per heavy atom. The van der Waals surface area contributed by atoms with Gasteiger partial charge in [0.2, 0.25) is 0 Å². The number of nitrogens with one attached hydrogen (secondary N) is 1. The van der Waals surface area contributed by atoms with Crippen LogP contribution in [0.25, 0.3) is 21.5 Å². The minimum atomic E-state index is -0.241. The molecule has 6 aromatic carbocycles. The monoisotopic (exact) mass is 599 g/mol. The van der Waals surface area contributed by atoms with Crippen LogP contribution in [0.1, 0.15) is 23.7 Å². The van der Waals surface area contributed by atoms with Crippen LogP contribution >= 0.6 is 0 Å². The summed E-state index contributed by atoms with van der Waals surface area (Å²) in [6.07, 6.45) is -0.456. The maximum Gasteiger partial charge on any atom is 0.184 e. The van der Waals surface area contributed by atoms with E-state index in [0.717, 1.165) is 39.3 Å². The fourth-order valence-electron chi connectivity index (χ4n) is 5.31. The van der Waals surface area contributed by atoms with Crippen LogP contribution in [0.3, 0.4) is 0 Å². The summed E-state index contributed by atoms with van der Waals surface area (Å²) >= 11 is 0. The Balaban J connectivity index is 0.000000131. The number of benzene rings is 6. The summed E-state index contributed by atoms with van der Waals surface area (Å²) in [5, 5.41) is 8.28. The van der Waals surface area contributed by atoms with Crippen LogP contribution in [0, 0.1) is 0 Å². The van der Waals surface area contributed by atoms with E-state index in [9.17, 15) is 0 Å². The first kappa shape index (κ1) is 30.1.